The van der Waals surface area contributed by atoms with Crippen LogP contribution in [0.5, 0.6) is 0 Å². The van der Waals surface area contributed by atoms with E-state index in [4.69, 9.17) is 5.21 Å². The lowest BCUT2D eigenvalue weighted by Gasteiger charge is -2.16. The molecule has 2 aromatic carbocycles. The summed E-state index contributed by atoms with van der Waals surface area (Å²) in [7, 11) is 0. The van der Waals surface area contributed by atoms with Crippen molar-refractivity contribution in [3.05, 3.63) is 95.8 Å². The quantitative estimate of drug-likeness (QED) is 0.478. The molecule has 1 aromatic heterocycles. The van der Waals surface area contributed by atoms with E-state index in [1.165, 1.54) is 0 Å². The van der Waals surface area contributed by atoms with Crippen LogP contribution in [0.4, 0.5) is 5.69 Å². The lowest BCUT2D eigenvalue weighted by atomic mass is 9.90. The van der Waals surface area contributed by atoms with E-state index in [1.807, 2.05) is 72.9 Å². The standard InChI is InChI=1S/C20H19N3O2/c24-20(23-25)19(16-6-2-1-3-7-16)17-8-10-18(11-9-17)22-14-15-5-4-12-21-13-15/h1-13,19,22,25H,14H2,(H,23,24). The van der Waals surface area contributed by atoms with E-state index in [-0.39, 0.29) is 0 Å². The monoisotopic (exact) mass is 333 g/mol. The van der Waals surface area contributed by atoms with Crippen molar-refractivity contribution in [2.45, 2.75) is 12.5 Å². The molecule has 126 valence electrons. The lowest BCUT2D eigenvalue weighted by Crippen LogP contribution is -2.27. The number of aromatic nitrogens is 1. The summed E-state index contributed by atoms with van der Waals surface area (Å²) >= 11 is 0. The minimum atomic E-state index is -0.557. The van der Waals surface area contributed by atoms with E-state index >= 15 is 0 Å². The maximum atomic E-state index is 12.1. The molecule has 3 aromatic rings. The Hall–Kier alpha value is -3.18. The fraction of sp³-hybridized carbons (Fsp3) is 0.100. The first-order valence-corrected chi connectivity index (χ1v) is 7.99. The van der Waals surface area contributed by atoms with Gasteiger partial charge in [0.05, 0.1) is 5.92 Å². The summed E-state index contributed by atoms with van der Waals surface area (Å²) in [6.45, 7) is 0.673. The minimum Gasteiger partial charge on any atom is -0.381 e. The summed E-state index contributed by atoms with van der Waals surface area (Å²) in [5.41, 5.74) is 5.43. The predicted octanol–water partition coefficient (Wildman–Crippen LogP) is 3.33. The van der Waals surface area contributed by atoms with Gasteiger partial charge < -0.3 is 5.32 Å². The molecule has 0 spiro atoms. The predicted molar refractivity (Wildman–Crippen MR) is 96.2 cm³/mol. The number of nitrogens with zero attached hydrogens (tertiary/aromatic N) is 1. The molecule has 25 heavy (non-hydrogen) atoms. The van der Waals surface area contributed by atoms with Crippen LogP contribution in [-0.4, -0.2) is 16.1 Å². The number of carbonyl (C=O) groups is 1. The molecule has 0 saturated heterocycles. The molecular weight excluding hydrogens is 314 g/mol. The molecule has 1 unspecified atom stereocenters. The molecule has 5 heteroatoms. The SMILES string of the molecule is O=C(NO)C(c1ccccc1)c1ccc(NCc2cccnc2)cc1. The molecule has 3 N–H and O–H groups in total. The fourth-order valence-corrected chi connectivity index (χ4v) is 2.71. The first kappa shape index (κ1) is 16.7. The molecule has 0 saturated carbocycles. The van der Waals surface area contributed by atoms with E-state index in [0.717, 1.165) is 22.4 Å². The van der Waals surface area contributed by atoms with Crippen molar-refractivity contribution < 1.29 is 10.0 Å². The van der Waals surface area contributed by atoms with Gasteiger partial charge in [-0.15, -0.1) is 0 Å². The Kier molecular flexibility index (Phi) is 5.39. The highest BCUT2D eigenvalue weighted by Crippen LogP contribution is 2.26. The number of benzene rings is 2. The van der Waals surface area contributed by atoms with E-state index in [9.17, 15) is 4.79 Å². The van der Waals surface area contributed by atoms with Gasteiger partial charge in [0.15, 0.2) is 0 Å². The molecule has 1 amide bonds. The Balaban J connectivity index is 1.76. The van der Waals surface area contributed by atoms with Crippen LogP contribution in [-0.2, 0) is 11.3 Å². The number of hydrogen-bond donors (Lipinski definition) is 3. The van der Waals surface area contributed by atoms with Crippen molar-refractivity contribution in [2.24, 2.45) is 0 Å². The summed E-state index contributed by atoms with van der Waals surface area (Å²) in [6.07, 6.45) is 3.56. The molecule has 1 heterocycles. The number of anilines is 1. The summed E-state index contributed by atoms with van der Waals surface area (Å²) in [5.74, 6) is -1.01. The van der Waals surface area contributed by atoms with Crippen LogP contribution in [0.3, 0.4) is 0 Å². The molecule has 5 nitrogen and oxygen atoms in total. The molecule has 0 fully saturated rings. The van der Waals surface area contributed by atoms with Gasteiger partial charge in [-0.05, 0) is 34.9 Å². The van der Waals surface area contributed by atoms with E-state index < -0.39 is 11.8 Å². The Labute approximate surface area is 146 Å². The summed E-state index contributed by atoms with van der Waals surface area (Å²) < 4.78 is 0. The fourth-order valence-electron chi connectivity index (χ4n) is 2.71. The smallest absolute Gasteiger partial charge is 0.255 e. The van der Waals surface area contributed by atoms with Gasteiger partial charge in [-0.1, -0.05) is 48.5 Å². The number of amides is 1. The van der Waals surface area contributed by atoms with Crippen molar-refractivity contribution in [1.29, 1.82) is 0 Å². The lowest BCUT2D eigenvalue weighted by molar-refractivity contribution is -0.129. The second-order valence-corrected chi connectivity index (χ2v) is 5.66. The third kappa shape index (κ3) is 4.22. The molecular formula is C20H19N3O2. The maximum Gasteiger partial charge on any atom is 0.255 e. The zero-order chi connectivity index (χ0) is 17.5. The number of hydroxylamine groups is 1. The number of carbonyl (C=O) groups excluding carboxylic acids is 1. The molecule has 0 aliphatic rings. The maximum absolute atomic E-state index is 12.1. The average Bonchev–Trinajstić information content (AvgIpc) is 2.69. The summed E-state index contributed by atoms with van der Waals surface area (Å²) in [4.78, 5) is 16.2. The Morgan fingerprint density at radius 2 is 1.68 bits per heavy atom. The van der Waals surface area contributed by atoms with Gasteiger partial charge in [0.25, 0.3) is 5.91 Å². The number of nitrogens with one attached hydrogen (secondary N) is 2. The average molecular weight is 333 g/mol. The van der Waals surface area contributed by atoms with Gasteiger partial charge in [0.1, 0.15) is 0 Å². The normalized spacial score (nSPS) is 11.6. The summed E-state index contributed by atoms with van der Waals surface area (Å²) in [6, 6.07) is 20.9. The van der Waals surface area contributed by atoms with Gasteiger partial charge in [-0.3, -0.25) is 15.0 Å². The Morgan fingerprint density at radius 1 is 0.960 bits per heavy atom. The zero-order valence-corrected chi connectivity index (χ0v) is 13.6. The van der Waals surface area contributed by atoms with Crippen LogP contribution in [0, 0.1) is 0 Å². The topological polar surface area (TPSA) is 74.2 Å². The van der Waals surface area contributed by atoms with Crippen LogP contribution in [0.25, 0.3) is 0 Å². The molecule has 1 atom stereocenters. The van der Waals surface area contributed by atoms with Crippen molar-refractivity contribution >= 4 is 11.6 Å². The van der Waals surface area contributed by atoms with Crippen molar-refractivity contribution in [3.63, 3.8) is 0 Å². The van der Waals surface area contributed by atoms with E-state index in [1.54, 1.807) is 11.7 Å². The molecule has 0 bridgehead atoms. The highest BCUT2D eigenvalue weighted by atomic mass is 16.5. The Morgan fingerprint density at radius 3 is 2.32 bits per heavy atom. The summed E-state index contributed by atoms with van der Waals surface area (Å²) in [5, 5.41) is 12.4. The third-order valence-electron chi connectivity index (χ3n) is 3.97. The highest BCUT2D eigenvalue weighted by Gasteiger charge is 2.22. The van der Waals surface area contributed by atoms with Crippen molar-refractivity contribution in [3.8, 4) is 0 Å². The second-order valence-electron chi connectivity index (χ2n) is 5.66. The van der Waals surface area contributed by atoms with E-state index in [2.05, 4.69) is 10.3 Å². The number of rotatable bonds is 6. The molecule has 3 rings (SSSR count). The van der Waals surface area contributed by atoms with Crippen LogP contribution >= 0.6 is 0 Å². The van der Waals surface area contributed by atoms with Crippen LogP contribution in [0.1, 0.15) is 22.6 Å². The van der Waals surface area contributed by atoms with E-state index in [0.29, 0.717) is 6.54 Å². The van der Waals surface area contributed by atoms with Crippen LogP contribution < -0.4 is 10.8 Å². The third-order valence-corrected chi connectivity index (χ3v) is 3.97. The Bertz CT molecular complexity index is 805. The largest absolute Gasteiger partial charge is 0.381 e. The molecule has 0 radical (unpaired) electrons. The first-order valence-electron chi connectivity index (χ1n) is 7.99. The minimum absolute atomic E-state index is 0.456. The van der Waals surface area contributed by atoms with Crippen LogP contribution in [0.2, 0.25) is 0 Å². The molecule has 0 aliphatic carbocycles. The van der Waals surface area contributed by atoms with Gasteiger partial charge >= 0.3 is 0 Å². The van der Waals surface area contributed by atoms with Gasteiger partial charge in [-0.25, -0.2) is 5.48 Å². The van der Waals surface area contributed by atoms with Crippen LogP contribution in [0.15, 0.2) is 79.1 Å². The van der Waals surface area contributed by atoms with Crippen molar-refractivity contribution in [1.82, 2.24) is 10.5 Å². The second kappa shape index (κ2) is 8.08. The van der Waals surface area contributed by atoms with Gasteiger partial charge in [0, 0.05) is 24.6 Å². The number of hydrogen-bond acceptors (Lipinski definition) is 4. The first-order chi connectivity index (χ1) is 12.3. The van der Waals surface area contributed by atoms with Gasteiger partial charge in [-0.2, -0.15) is 0 Å². The van der Waals surface area contributed by atoms with Gasteiger partial charge in [0.2, 0.25) is 0 Å². The molecule has 0 aliphatic heterocycles. The highest BCUT2D eigenvalue weighted by molar-refractivity contribution is 5.86. The number of pyridine rings is 1. The zero-order valence-electron chi connectivity index (χ0n) is 13.6. The van der Waals surface area contributed by atoms with Crippen molar-refractivity contribution in [2.75, 3.05) is 5.32 Å².